The molecule has 0 atom stereocenters. The van der Waals surface area contributed by atoms with Crippen molar-refractivity contribution in [3.05, 3.63) is 63.3 Å². The van der Waals surface area contributed by atoms with Crippen LogP contribution in [0.3, 0.4) is 0 Å². The Kier molecular flexibility index (Phi) is 4.60. The molecule has 0 saturated carbocycles. The van der Waals surface area contributed by atoms with Gasteiger partial charge < -0.3 is 9.55 Å². The molecule has 98 valence electrons. The Morgan fingerprint density at radius 2 is 1.74 bits per heavy atom. The maximum absolute atomic E-state index is 5.38. The number of benzene rings is 2. The van der Waals surface area contributed by atoms with E-state index in [0.29, 0.717) is 0 Å². The van der Waals surface area contributed by atoms with Crippen molar-refractivity contribution in [2.45, 2.75) is 6.54 Å². The van der Waals surface area contributed by atoms with Crippen LogP contribution in [-0.2, 0) is 6.54 Å². The van der Waals surface area contributed by atoms with Gasteiger partial charge in [-0.3, -0.25) is 0 Å². The number of fused-ring (bicyclic) bond motifs is 1. The smallest absolute Gasteiger partial charge is 0.178 e. The second-order valence-electron chi connectivity index (χ2n) is 4.16. The number of aromatic nitrogens is 2. The molecule has 0 spiro atoms. The van der Waals surface area contributed by atoms with E-state index in [1.807, 2.05) is 30.3 Å². The molecule has 0 aliphatic heterocycles. The van der Waals surface area contributed by atoms with E-state index in [9.17, 15) is 0 Å². The minimum absolute atomic E-state index is 0. The van der Waals surface area contributed by atoms with Gasteiger partial charge in [-0.25, -0.2) is 0 Å². The van der Waals surface area contributed by atoms with Gasteiger partial charge >= 0.3 is 0 Å². The lowest BCUT2D eigenvalue weighted by Crippen LogP contribution is -1.99. The van der Waals surface area contributed by atoms with Crippen molar-refractivity contribution in [2.75, 3.05) is 0 Å². The fourth-order valence-corrected chi connectivity index (χ4v) is 2.57. The van der Waals surface area contributed by atoms with E-state index in [1.165, 1.54) is 5.56 Å². The summed E-state index contributed by atoms with van der Waals surface area (Å²) in [6, 6.07) is 16.5. The zero-order valence-electron chi connectivity index (χ0n) is 9.97. The predicted octanol–water partition coefficient (Wildman–Crippen LogP) is 5.09. The molecule has 1 N–H and O–H groups in total. The fourth-order valence-electron chi connectivity index (χ4n) is 2.04. The van der Waals surface area contributed by atoms with Gasteiger partial charge in [0.15, 0.2) is 4.77 Å². The summed E-state index contributed by atoms with van der Waals surface area (Å²) in [5.74, 6) is 0. The minimum Gasteiger partial charge on any atom is -0.331 e. The number of H-pyrrole nitrogens is 1. The molecule has 0 unspecified atom stereocenters. The minimum atomic E-state index is 0. The van der Waals surface area contributed by atoms with Gasteiger partial charge in [0, 0.05) is 4.47 Å². The van der Waals surface area contributed by atoms with Crippen molar-refractivity contribution < 1.29 is 0 Å². The lowest BCUT2D eigenvalue weighted by molar-refractivity contribution is 0.810. The highest BCUT2D eigenvalue weighted by atomic mass is 79.9. The van der Waals surface area contributed by atoms with E-state index in [4.69, 9.17) is 12.2 Å². The molecule has 0 aliphatic rings. The van der Waals surface area contributed by atoms with E-state index in [2.05, 4.69) is 43.7 Å². The van der Waals surface area contributed by atoms with Gasteiger partial charge in [0.2, 0.25) is 0 Å². The topological polar surface area (TPSA) is 20.7 Å². The summed E-state index contributed by atoms with van der Waals surface area (Å²) < 4.78 is 3.97. The number of para-hydroxylation sites is 2. The summed E-state index contributed by atoms with van der Waals surface area (Å²) in [5, 5.41) is 0. The molecule has 1 aromatic heterocycles. The van der Waals surface area contributed by atoms with Crippen molar-refractivity contribution in [1.29, 1.82) is 0 Å². The fraction of sp³-hybridized carbons (Fsp3) is 0.0714. The van der Waals surface area contributed by atoms with Gasteiger partial charge in [-0.1, -0.05) is 40.2 Å². The number of aromatic amines is 1. The van der Waals surface area contributed by atoms with E-state index in [0.717, 1.165) is 26.8 Å². The molecule has 19 heavy (non-hydrogen) atoms. The quantitative estimate of drug-likeness (QED) is 0.595. The molecule has 2 nitrogen and oxygen atoms in total. The highest BCUT2D eigenvalue weighted by molar-refractivity contribution is 9.10. The molecule has 2 aromatic carbocycles. The highest BCUT2D eigenvalue weighted by Gasteiger charge is 2.04. The van der Waals surface area contributed by atoms with Gasteiger partial charge in [0.1, 0.15) is 0 Å². The molecule has 5 heteroatoms. The Labute approximate surface area is 135 Å². The third-order valence-corrected chi connectivity index (χ3v) is 3.79. The summed E-state index contributed by atoms with van der Waals surface area (Å²) in [4.78, 5) is 3.23. The van der Waals surface area contributed by atoms with Gasteiger partial charge in [0.25, 0.3) is 0 Å². The van der Waals surface area contributed by atoms with Crippen LogP contribution in [0.5, 0.6) is 0 Å². The van der Waals surface area contributed by atoms with Crippen molar-refractivity contribution >= 4 is 56.2 Å². The maximum atomic E-state index is 5.38. The molecule has 0 aliphatic carbocycles. The molecular weight excluding hydrogens is 388 g/mol. The first-order valence-electron chi connectivity index (χ1n) is 5.66. The van der Waals surface area contributed by atoms with Crippen LogP contribution in [0.1, 0.15) is 5.56 Å². The lowest BCUT2D eigenvalue weighted by Gasteiger charge is -2.04. The van der Waals surface area contributed by atoms with Crippen molar-refractivity contribution in [1.82, 2.24) is 9.55 Å². The lowest BCUT2D eigenvalue weighted by atomic mass is 10.2. The van der Waals surface area contributed by atoms with Gasteiger partial charge in [-0.05, 0) is 42.0 Å². The first kappa shape index (κ1) is 14.5. The second kappa shape index (κ2) is 6.03. The van der Waals surface area contributed by atoms with Crippen LogP contribution in [0, 0.1) is 4.77 Å². The van der Waals surface area contributed by atoms with Crippen LogP contribution in [0.4, 0.5) is 0 Å². The van der Waals surface area contributed by atoms with Gasteiger partial charge in [0.05, 0.1) is 17.6 Å². The number of nitrogens with zero attached hydrogens (tertiary/aromatic N) is 1. The van der Waals surface area contributed by atoms with Crippen LogP contribution < -0.4 is 0 Å². The Bertz CT molecular complexity index is 744. The zero-order chi connectivity index (χ0) is 12.5. The van der Waals surface area contributed by atoms with Crippen molar-refractivity contribution in [3.63, 3.8) is 0 Å². The number of hydrogen-bond acceptors (Lipinski definition) is 1. The number of nitrogens with one attached hydrogen (secondary N) is 1. The van der Waals surface area contributed by atoms with E-state index < -0.39 is 0 Å². The Morgan fingerprint density at radius 3 is 2.47 bits per heavy atom. The Morgan fingerprint density at radius 1 is 1.05 bits per heavy atom. The van der Waals surface area contributed by atoms with E-state index in [-0.39, 0.29) is 17.0 Å². The summed E-state index contributed by atoms with van der Waals surface area (Å²) >= 11 is 8.82. The summed E-state index contributed by atoms with van der Waals surface area (Å²) in [6.45, 7) is 0.788. The van der Waals surface area contributed by atoms with Gasteiger partial charge in [-0.2, -0.15) is 0 Å². The van der Waals surface area contributed by atoms with Crippen molar-refractivity contribution in [3.8, 4) is 0 Å². The van der Waals surface area contributed by atoms with Crippen LogP contribution in [0.15, 0.2) is 53.0 Å². The number of hydrogen-bond donors (Lipinski definition) is 1. The van der Waals surface area contributed by atoms with E-state index >= 15 is 0 Å². The third-order valence-electron chi connectivity index (χ3n) is 2.94. The summed E-state index contributed by atoms with van der Waals surface area (Å²) in [6.07, 6.45) is 0. The zero-order valence-corrected chi connectivity index (χ0v) is 14.1. The Balaban J connectivity index is 0.00000133. The molecule has 0 fully saturated rings. The number of halogens is 2. The van der Waals surface area contributed by atoms with Crippen LogP contribution in [0.2, 0.25) is 0 Å². The van der Waals surface area contributed by atoms with Crippen LogP contribution in [0.25, 0.3) is 11.0 Å². The monoisotopic (exact) mass is 398 g/mol. The average molecular weight is 400 g/mol. The highest BCUT2D eigenvalue weighted by Crippen LogP contribution is 2.17. The first-order chi connectivity index (χ1) is 8.74. The van der Waals surface area contributed by atoms with Crippen LogP contribution in [-0.4, -0.2) is 9.55 Å². The van der Waals surface area contributed by atoms with Crippen molar-refractivity contribution in [2.24, 2.45) is 0 Å². The molecule has 3 rings (SSSR count). The van der Waals surface area contributed by atoms with E-state index in [1.54, 1.807) is 0 Å². The summed E-state index contributed by atoms with van der Waals surface area (Å²) in [5.41, 5.74) is 3.46. The molecule has 0 amide bonds. The second-order valence-corrected chi connectivity index (χ2v) is 5.46. The average Bonchev–Trinajstić information content (AvgIpc) is 2.69. The Hall–Kier alpha value is -0.910. The predicted molar refractivity (Wildman–Crippen MR) is 90.7 cm³/mol. The van der Waals surface area contributed by atoms with Gasteiger partial charge in [-0.15, -0.1) is 17.0 Å². The molecular formula is C14H12Br2N2S. The molecule has 0 saturated heterocycles. The largest absolute Gasteiger partial charge is 0.331 e. The standard InChI is InChI=1S/C14H11BrN2S.BrH/c15-11-7-5-10(6-8-11)9-17-13-4-2-1-3-12(13)16-14(17)18;/h1-8H,9H2,(H,16,18);1H. The molecule has 3 aromatic rings. The SMILES string of the molecule is Br.S=c1[nH]c2ccccc2n1Cc1ccc(Br)cc1. The molecule has 0 radical (unpaired) electrons. The van der Waals surface area contributed by atoms with Crippen LogP contribution >= 0.6 is 45.1 Å². The number of imidazole rings is 1. The number of rotatable bonds is 2. The summed E-state index contributed by atoms with van der Waals surface area (Å²) in [7, 11) is 0. The normalized spacial score (nSPS) is 10.4. The third kappa shape index (κ3) is 2.99. The maximum Gasteiger partial charge on any atom is 0.178 e. The molecule has 1 heterocycles. The first-order valence-corrected chi connectivity index (χ1v) is 6.86. The molecule has 0 bridgehead atoms.